The highest BCUT2D eigenvalue weighted by Crippen LogP contribution is 2.22. The molecule has 2 aromatic carbocycles. The zero-order chi connectivity index (χ0) is 15.4. The number of nitrogens with zero attached hydrogens (tertiary/aromatic N) is 1. The molecule has 0 bridgehead atoms. The van der Waals surface area contributed by atoms with Gasteiger partial charge in [0.15, 0.2) is 0 Å². The van der Waals surface area contributed by atoms with Gasteiger partial charge in [-0.25, -0.2) is 13.2 Å². The SMILES string of the molecule is CC(C)C/C(=N/c1ccccc1)c1c(F)cc(F)cc1F. The number of rotatable bonds is 4. The van der Waals surface area contributed by atoms with Gasteiger partial charge in [-0.05, 0) is 24.5 Å². The number of hydrogen-bond donors (Lipinski definition) is 0. The Morgan fingerprint density at radius 2 is 1.57 bits per heavy atom. The van der Waals surface area contributed by atoms with Crippen LogP contribution in [0.3, 0.4) is 0 Å². The third-order valence-corrected chi connectivity index (χ3v) is 2.92. The lowest BCUT2D eigenvalue weighted by Crippen LogP contribution is -2.11. The second-order valence-electron chi connectivity index (χ2n) is 5.24. The van der Waals surface area contributed by atoms with E-state index in [1.54, 1.807) is 24.3 Å². The molecule has 0 aliphatic heterocycles. The smallest absolute Gasteiger partial charge is 0.138 e. The van der Waals surface area contributed by atoms with Gasteiger partial charge in [-0.3, -0.25) is 4.99 Å². The first-order valence-electron chi connectivity index (χ1n) is 6.75. The Labute approximate surface area is 122 Å². The average molecular weight is 291 g/mol. The molecule has 0 saturated heterocycles. The fourth-order valence-corrected chi connectivity index (χ4v) is 2.07. The molecule has 21 heavy (non-hydrogen) atoms. The van der Waals surface area contributed by atoms with Crippen molar-refractivity contribution < 1.29 is 13.2 Å². The van der Waals surface area contributed by atoms with Crippen LogP contribution in [-0.4, -0.2) is 5.71 Å². The van der Waals surface area contributed by atoms with Crippen LogP contribution in [0.5, 0.6) is 0 Å². The highest BCUT2D eigenvalue weighted by atomic mass is 19.1. The van der Waals surface area contributed by atoms with Gasteiger partial charge in [0.1, 0.15) is 17.5 Å². The summed E-state index contributed by atoms with van der Waals surface area (Å²) in [5, 5.41) is 0. The van der Waals surface area contributed by atoms with Crippen LogP contribution in [0.15, 0.2) is 47.5 Å². The van der Waals surface area contributed by atoms with Crippen LogP contribution in [-0.2, 0) is 0 Å². The molecule has 0 N–H and O–H groups in total. The zero-order valence-corrected chi connectivity index (χ0v) is 11.9. The summed E-state index contributed by atoms with van der Waals surface area (Å²) in [5.74, 6) is -2.63. The summed E-state index contributed by atoms with van der Waals surface area (Å²) in [5.41, 5.74) is 0.636. The van der Waals surface area contributed by atoms with E-state index in [1.807, 2.05) is 19.9 Å². The Morgan fingerprint density at radius 1 is 1.00 bits per heavy atom. The molecule has 0 aliphatic rings. The Hall–Kier alpha value is -2.10. The summed E-state index contributed by atoms with van der Waals surface area (Å²) in [7, 11) is 0. The first-order chi connectivity index (χ1) is 9.97. The largest absolute Gasteiger partial charge is 0.253 e. The molecule has 0 amide bonds. The maximum atomic E-state index is 14.0. The Balaban J connectivity index is 2.54. The molecule has 110 valence electrons. The summed E-state index contributed by atoms with van der Waals surface area (Å²) in [4.78, 5) is 4.33. The normalized spacial score (nSPS) is 12.0. The van der Waals surface area contributed by atoms with Crippen LogP contribution in [0.2, 0.25) is 0 Å². The standard InChI is InChI=1S/C17H16F3N/c1-11(2)8-16(21-13-6-4-3-5-7-13)17-14(19)9-12(18)10-15(17)20/h3-7,9-11H,8H2,1-2H3/b21-16-. The Morgan fingerprint density at radius 3 is 2.10 bits per heavy atom. The molecule has 0 atom stereocenters. The van der Waals surface area contributed by atoms with Gasteiger partial charge in [-0.2, -0.15) is 0 Å². The van der Waals surface area contributed by atoms with Gasteiger partial charge in [0, 0.05) is 12.1 Å². The maximum absolute atomic E-state index is 14.0. The zero-order valence-electron chi connectivity index (χ0n) is 11.9. The van der Waals surface area contributed by atoms with Gasteiger partial charge >= 0.3 is 0 Å². The van der Waals surface area contributed by atoms with E-state index >= 15 is 0 Å². The topological polar surface area (TPSA) is 12.4 Å². The Kier molecular flexibility index (Phi) is 4.78. The average Bonchev–Trinajstić information content (AvgIpc) is 2.37. The first kappa shape index (κ1) is 15.3. The van der Waals surface area contributed by atoms with Crippen molar-refractivity contribution in [3.8, 4) is 0 Å². The van der Waals surface area contributed by atoms with Crippen LogP contribution >= 0.6 is 0 Å². The molecule has 0 fully saturated rings. The van der Waals surface area contributed by atoms with Crippen molar-refractivity contribution in [1.29, 1.82) is 0 Å². The molecular formula is C17H16F3N. The van der Waals surface area contributed by atoms with Crippen molar-refractivity contribution in [3.63, 3.8) is 0 Å². The van der Waals surface area contributed by atoms with E-state index in [0.29, 0.717) is 24.2 Å². The van der Waals surface area contributed by atoms with E-state index in [9.17, 15) is 13.2 Å². The molecule has 1 nitrogen and oxygen atoms in total. The summed E-state index contributed by atoms with van der Waals surface area (Å²) in [6, 6.07) is 10.3. The molecule has 0 aliphatic carbocycles. The summed E-state index contributed by atoms with van der Waals surface area (Å²) >= 11 is 0. The third kappa shape index (κ3) is 3.94. The molecule has 0 aromatic heterocycles. The van der Waals surface area contributed by atoms with E-state index in [0.717, 1.165) is 0 Å². The highest BCUT2D eigenvalue weighted by molar-refractivity contribution is 6.02. The van der Waals surface area contributed by atoms with Crippen molar-refractivity contribution in [1.82, 2.24) is 0 Å². The van der Waals surface area contributed by atoms with Crippen molar-refractivity contribution in [2.24, 2.45) is 10.9 Å². The van der Waals surface area contributed by atoms with Crippen LogP contribution in [0.4, 0.5) is 18.9 Å². The minimum Gasteiger partial charge on any atom is -0.253 e. The minimum absolute atomic E-state index is 0.163. The number of benzene rings is 2. The molecule has 2 aromatic rings. The molecule has 2 rings (SSSR count). The first-order valence-corrected chi connectivity index (χ1v) is 6.75. The number of hydrogen-bond acceptors (Lipinski definition) is 1. The Bertz CT molecular complexity index is 625. The molecular weight excluding hydrogens is 275 g/mol. The molecule has 0 unspecified atom stereocenters. The summed E-state index contributed by atoms with van der Waals surface area (Å²) in [6.07, 6.45) is 0.397. The predicted octanol–water partition coefficient (Wildman–Crippen LogP) is 5.27. The van der Waals surface area contributed by atoms with Crippen molar-refractivity contribution in [2.75, 3.05) is 0 Å². The molecule has 0 saturated carbocycles. The van der Waals surface area contributed by atoms with Crippen LogP contribution in [0.1, 0.15) is 25.8 Å². The van der Waals surface area contributed by atoms with Gasteiger partial charge < -0.3 is 0 Å². The fraction of sp³-hybridized carbons (Fsp3) is 0.235. The monoisotopic (exact) mass is 291 g/mol. The number of halogens is 3. The lowest BCUT2D eigenvalue weighted by atomic mass is 9.99. The lowest BCUT2D eigenvalue weighted by molar-refractivity contribution is 0.538. The van der Waals surface area contributed by atoms with E-state index in [2.05, 4.69) is 4.99 Å². The van der Waals surface area contributed by atoms with Gasteiger partial charge in [0.25, 0.3) is 0 Å². The van der Waals surface area contributed by atoms with E-state index in [1.165, 1.54) is 0 Å². The molecule has 0 heterocycles. The van der Waals surface area contributed by atoms with Gasteiger partial charge in [0.2, 0.25) is 0 Å². The molecule has 0 spiro atoms. The van der Waals surface area contributed by atoms with Gasteiger partial charge in [-0.1, -0.05) is 32.0 Å². The number of aliphatic imine (C=N–C) groups is 1. The lowest BCUT2D eigenvalue weighted by Gasteiger charge is -2.12. The maximum Gasteiger partial charge on any atom is 0.138 e. The minimum atomic E-state index is -0.933. The summed E-state index contributed by atoms with van der Waals surface area (Å²) in [6.45, 7) is 3.86. The molecule has 0 radical (unpaired) electrons. The van der Waals surface area contributed by atoms with Crippen LogP contribution in [0.25, 0.3) is 0 Å². The van der Waals surface area contributed by atoms with E-state index < -0.39 is 17.5 Å². The second kappa shape index (κ2) is 6.57. The fourth-order valence-electron chi connectivity index (χ4n) is 2.07. The highest BCUT2D eigenvalue weighted by Gasteiger charge is 2.18. The summed E-state index contributed by atoms with van der Waals surface area (Å²) < 4.78 is 40.9. The number of para-hydroxylation sites is 1. The molecule has 4 heteroatoms. The van der Waals surface area contributed by atoms with E-state index in [4.69, 9.17) is 0 Å². The second-order valence-corrected chi connectivity index (χ2v) is 5.24. The van der Waals surface area contributed by atoms with Gasteiger partial charge in [-0.15, -0.1) is 0 Å². The van der Waals surface area contributed by atoms with Crippen molar-refractivity contribution >= 4 is 11.4 Å². The van der Waals surface area contributed by atoms with Crippen molar-refractivity contribution in [2.45, 2.75) is 20.3 Å². The van der Waals surface area contributed by atoms with Crippen LogP contribution in [0, 0.1) is 23.4 Å². The van der Waals surface area contributed by atoms with E-state index in [-0.39, 0.29) is 17.2 Å². The van der Waals surface area contributed by atoms with Crippen LogP contribution < -0.4 is 0 Å². The third-order valence-electron chi connectivity index (χ3n) is 2.92. The predicted molar refractivity (Wildman–Crippen MR) is 78.4 cm³/mol. The van der Waals surface area contributed by atoms with Gasteiger partial charge in [0.05, 0.1) is 17.0 Å². The van der Waals surface area contributed by atoms with Crippen molar-refractivity contribution in [3.05, 3.63) is 65.5 Å². The quantitative estimate of drug-likeness (QED) is 0.680.